The number of ketones is 1. The van der Waals surface area contributed by atoms with Gasteiger partial charge in [-0.3, -0.25) is 4.79 Å². The van der Waals surface area contributed by atoms with Crippen molar-refractivity contribution in [3.8, 4) is 0 Å². The van der Waals surface area contributed by atoms with Crippen LogP contribution in [-0.2, 0) is 9.53 Å². The van der Waals surface area contributed by atoms with Crippen LogP contribution < -0.4 is 0 Å². The lowest BCUT2D eigenvalue weighted by molar-refractivity contribution is -0.128. The Bertz CT molecular complexity index is 395. The second-order valence-electron chi connectivity index (χ2n) is 6.68. The molecule has 0 aliphatic heterocycles. The zero-order chi connectivity index (χ0) is 14.8. The summed E-state index contributed by atoms with van der Waals surface area (Å²) in [7, 11) is 0. The van der Waals surface area contributed by atoms with Crippen molar-refractivity contribution in [3.63, 3.8) is 0 Å². The number of aliphatic hydroxyl groups is 1. The summed E-state index contributed by atoms with van der Waals surface area (Å²) in [6, 6.07) is 0. The Balaban J connectivity index is 1.93. The lowest BCUT2D eigenvalue weighted by atomic mass is 9.66. The van der Waals surface area contributed by atoms with Crippen LogP contribution in [0.15, 0.2) is 11.6 Å². The van der Waals surface area contributed by atoms with E-state index in [2.05, 4.69) is 13.0 Å². The van der Waals surface area contributed by atoms with Crippen LogP contribution in [0.3, 0.4) is 0 Å². The molecule has 2 unspecified atom stereocenters. The molecule has 1 fully saturated rings. The van der Waals surface area contributed by atoms with E-state index in [1.165, 1.54) is 5.57 Å². The number of carbonyl (C=O) groups is 1. The van der Waals surface area contributed by atoms with Crippen LogP contribution in [0.1, 0.15) is 59.3 Å². The maximum absolute atomic E-state index is 12.0. The van der Waals surface area contributed by atoms with Gasteiger partial charge in [-0.15, -0.1) is 0 Å². The maximum Gasteiger partial charge on any atom is 0.137 e. The molecule has 2 rings (SSSR count). The molecule has 0 aromatic rings. The van der Waals surface area contributed by atoms with Gasteiger partial charge in [-0.1, -0.05) is 26.8 Å². The van der Waals surface area contributed by atoms with Crippen molar-refractivity contribution in [1.82, 2.24) is 0 Å². The van der Waals surface area contributed by atoms with E-state index in [0.29, 0.717) is 31.8 Å². The summed E-state index contributed by atoms with van der Waals surface area (Å²) < 4.78 is 5.78. The highest BCUT2D eigenvalue weighted by Gasteiger charge is 2.46. The zero-order valence-electron chi connectivity index (χ0n) is 13.1. The average molecular weight is 280 g/mol. The topological polar surface area (TPSA) is 46.5 Å². The van der Waals surface area contributed by atoms with Crippen LogP contribution in [0.2, 0.25) is 0 Å². The van der Waals surface area contributed by atoms with E-state index in [9.17, 15) is 9.90 Å². The first-order valence-electron chi connectivity index (χ1n) is 7.97. The Morgan fingerprint density at radius 1 is 1.45 bits per heavy atom. The predicted octanol–water partition coefficient (Wildman–Crippen LogP) is 3.26. The first-order chi connectivity index (χ1) is 9.45. The van der Waals surface area contributed by atoms with Crippen LogP contribution in [0.4, 0.5) is 0 Å². The average Bonchev–Trinajstić information content (AvgIpc) is 2.77. The summed E-state index contributed by atoms with van der Waals surface area (Å²) in [4.78, 5) is 12.0. The Labute approximate surface area is 122 Å². The van der Waals surface area contributed by atoms with E-state index in [-0.39, 0.29) is 11.3 Å². The number of hydrogen-bond acceptors (Lipinski definition) is 3. The lowest BCUT2D eigenvalue weighted by Gasteiger charge is -2.38. The molecule has 114 valence electrons. The minimum Gasteiger partial charge on any atom is -0.388 e. The number of hydrogen-bond donors (Lipinski definition) is 1. The molecule has 2 atom stereocenters. The highest BCUT2D eigenvalue weighted by atomic mass is 16.5. The Kier molecular flexibility index (Phi) is 4.70. The molecule has 2 aliphatic carbocycles. The molecule has 1 saturated carbocycles. The molecular weight excluding hydrogens is 252 g/mol. The molecule has 3 heteroatoms. The van der Waals surface area contributed by atoms with Gasteiger partial charge in [0.05, 0.1) is 18.8 Å². The largest absolute Gasteiger partial charge is 0.388 e. The van der Waals surface area contributed by atoms with E-state index in [1.54, 1.807) is 0 Å². The van der Waals surface area contributed by atoms with Crippen molar-refractivity contribution in [1.29, 1.82) is 0 Å². The molecule has 0 aromatic carbocycles. The normalized spacial score (nSPS) is 30.3. The molecule has 0 radical (unpaired) electrons. The third-order valence-electron chi connectivity index (χ3n) is 5.56. The highest BCUT2D eigenvalue weighted by molar-refractivity contribution is 5.84. The van der Waals surface area contributed by atoms with Crippen molar-refractivity contribution in [3.05, 3.63) is 11.6 Å². The second-order valence-corrected chi connectivity index (χ2v) is 6.68. The van der Waals surface area contributed by atoms with Crippen molar-refractivity contribution in [2.75, 3.05) is 13.2 Å². The number of allylic oxidation sites excluding steroid dienone is 1. The molecule has 0 spiro atoms. The zero-order valence-corrected chi connectivity index (χ0v) is 13.1. The summed E-state index contributed by atoms with van der Waals surface area (Å²) >= 11 is 0. The second kappa shape index (κ2) is 5.98. The molecule has 3 nitrogen and oxygen atoms in total. The third-order valence-corrected chi connectivity index (χ3v) is 5.56. The van der Waals surface area contributed by atoms with Gasteiger partial charge in [0.25, 0.3) is 0 Å². The first kappa shape index (κ1) is 15.7. The van der Waals surface area contributed by atoms with Gasteiger partial charge in [0, 0.05) is 17.8 Å². The smallest absolute Gasteiger partial charge is 0.137 e. The molecule has 1 N–H and O–H groups in total. The molecule has 20 heavy (non-hydrogen) atoms. The summed E-state index contributed by atoms with van der Waals surface area (Å²) in [5.74, 6) is 0.592. The van der Waals surface area contributed by atoms with E-state index < -0.39 is 5.60 Å². The van der Waals surface area contributed by atoms with Gasteiger partial charge in [-0.2, -0.15) is 0 Å². The van der Waals surface area contributed by atoms with Crippen LogP contribution in [-0.4, -0.2) is 29.7 Å². The monoisotopic (exact) mass is 280 g/mol. The van der Waals surface area contributed by atoms with Gasteiger partial charge in [-0.25, -0.2) is 0 Å². The van der Waals surface area contributed by atoms with Gasteiger partial charge in [-0.05, 0) is 37.7 Å². The van der Waals surface area contributed by atoms with Gasteiger partial charge in [0.15, 0.2) is 0 Å². The SMILES string of the molecule is CCC(O)(CC)COCC1=CCC2C(=O)CCCC12C. The fourth-order valence-corrected chi connectivity index (χ4v) is 3.63. The van der Waals surface area contributed by atoms with Crippen molar-refractivity contribution >= 4 is 5.78 Å². The van der Waals surface area contributed by atoms with Gasteiger partial charge < -0.3 is 9.84 Å². The molecule has 0 saturated heterocycles. The van der Waals surface area contributed by atoms with E-state index in [1.807, 2.05) is 13.8 Å². The van der Waals surface area contributed by atoms with Gasteiger partial charge in [0.2, 0.25) is 0 Å². The number of rotatable bonds is 6. The molecule has 0 heterocycles. The van der Waals surface area contributed by atoms with Gasteiger partial charge in [0.1, 0.15) is 5.78 Å². The van der Waals surface area contributed by atoms with Crippen LogP contribution >= 0.6 is 0 Å². The summed E-state index contributed by atoms with van der Waals surface area (Å²) in [6.07, 6.45) is 7.32. The first-order valence-corrected chi connectivity index (χ1v) is 7.97. The molecule has 0 bridgehead atoms. The summed E-state index contributed by atoms with van der Waals surface area (Å²) in [5, 5.41) is 10.2. The molecule has 0 aromatic heterocycles. The lowest BCUT2D eigenvalue weighted by Crippen LogP contribution is -2.37. The third kappa shape index (κ3) is 2.84. The number of Topliss-reactive ketones (excluding diaryl/α,β-unsaturated/α-hetero) is 1. The highest BCUT2D eigenvalue weighted by Crippen LogP contribution is 2.51. The molecular formula is C17H28O3. The van der Waals surface area contributed by atoms with Crippen molar-refractivity contribution < 1.29 is 14.6 Å². The number of ether oxygens (including phenoxy) is 1. The van der Waals surface area contributed by atoms with E-state index in [0.717, 1.165) is 25.7 Å². The standard InChI is InChI=1S/C17H28O3/c1-4-17(19,5-2)12-20-11-13-8-9-14-15(18)7-6-10-16(13,14)3/h8,14,19H,4-7,9-12H2,1-3H3. The van der Waals surface area contributed by atoms with Crippen LogP contribution in [0.5, 0.6) is 0 Å². The Morgan fingerprint density at radius 2 is 2.15 bits per heavy atom. The summed E-state index contributed by atoms with van der Waals surface area (Å²) in [5.41, 5.74) is 0.568. The molecule has 0 amide bonds. The van der Waals surface area contributed by atoms with Crippen molar-refractivity contribution in [2.24, 2.45) is 11.3 Å². The van der Waals surface area contributed by atoms with Crippen LogP contribution in [0, 0.1) is 11.3 Å². The predicted molar refractivity (Wildman–Crippen MR) is 79.5 cm³/mol. The Morgan fingerprint density at radius 3 is 2.80 bits per heavy atom. The Hall–Kier alpha value is -0.670. The van der Waals surface area contributed by atoms with E-state index in [4.69, 9.17) is 4.74 Å². The fourth-order valence-electron chi connectivity index (χ4n) is 3.63. The number of carbonyl (C=O) groups excluding carboxylic acids is 1. The quantitative estimate of drug-likeness (QED) is 0.760. The number of fused-ring (bicyclic) bond motifs is 1. The van der Waals surface area contributed by atoms with Crippen LogP contribution in [0.25, 0.3) is 0 Å². The summed E-state index contributed by atoms with van der Waals surface area (Å²) in [6.45, 7) is 7.12. The minimum atomic E-state index is -0.706. The van der Waals surface area contributed by atoms with Gasteiger partial charge >= 0.3 is 0 Å². The molecule has 2 aliphatic rings. The minimum absolute atomic E-state index is 0.00583. The van der Waals surface area contributed by atoms with Crippen molar-refractivity contribution in [2.45, 2.75) is 64.9 Å². The fraction of sp³-hybridized carbons (Fsp3) is 0.824. The maximum atomic E-state index is 12.0. The van der Waals surface area contributed by atoms with E-state index >= 15 is 0 Å².